The summed E-state index contributed by atoms with van der Waals surface area (Å²) in [6, 6.07) is 6.28. The van der Waals surface area contributed by atoms with Crippen molar-refractivity contribution in [2.75, 3.05) is 6.61 Å². The fraction of sp³-hybridized carbons (Fsp3) is 0.467. The monoisotopic (exact) mass is 350 g/mol. The maximum atomic E-state index is 9.09. The van der Waals surface area contributed by atoms with E-state index in [1.165, 1.54) is 11.3 Å². The highest BCUT2D eigenvalue weighted by Gasteiger charge is 2.23. The summed E-state index contributed by atoms with van der Waals surface area (Å²) in [5, 5.41) is 17.1. The van der Waals surface area contributed by atoms with Crippen LogP contribution in [0.1, 0.15) is 35.8 Å². The molecule has 0 aliphatic heterocycles. The quantitative estimate of drug-likeness (QED) is 0.811. The molecule has 2 aromatic heterocycles. The smallest absolute Gasteiger partial charge is 0.106 e. The first-order valence-electron chi connectivity index (χ1n) is 7.28. The molecule has 6 heteroatoms. The number of halogens is 1. The van der Waals surface area contributed by atoms with Crippen LogP contribution in [-0.2, 0) is 19.5 Å². The molecule has 21 heavy (non-hydrogen) atoms. The van der Waals surface area contributed by atoms with Crippen molar-refractivity contribution in [3.05, 3.63) is 46.0 Å². The van der Waals surface area contributed by atoms with E-state index in [-0.39, 0.29) is 6.61 Å². The normalized spacial score (nSPS) is 17.7. The Hall–Kier alpha value is -1.24. The van der Waals surface area contributed by atoms with Crippen LogP contribution in [0.4, 0.5) is 0 Å². The Morgan fingerprint density at radius 1 is 1.43 bits per heavy atom. The van der Waals surface area contributed by atoms with Crippen LogP contribution in [0.3, 0.4) is 0 Å². The molecular formula is C15H19BrN4O. The summed E-state index contributed by atoms with van der Waals surface area (Å²) in [5.74, 6) is 0. The zero-order chi connectivity index (χ0) is 14.7. The number of pyridine rings is 1. The SMILES string of the molecule is OCCn1ncc2c1CCCC2NCc1cccc(Br)n1. The zero-order valence-electron chi connectivity index (χ0n) is 11.8. The van der Waals surface area contributed by atoms with E-state index in [0.29, 0.717) is 12.6 Å². The van der Waals surface area contributed by atoms with E-state index in [1.807, 2.05) is 29.1 Å². The van der Waals surface area contributed by atoms with Gasteiger partial charge < -0.3 is 10.4 Å². The van der Waals surface area contributed by atoms with E-state index in [1.54, 1.807) is 0 Å². The molecular weight excluding hydrogens is 332 g/mol. The summed E-state index contributed by atoms with van der Waals surface area (Å²) in [4.78, 5) is 4.45. The van der Waals surface area contributed by atoms with Crippen LogP contribution < -0.4 is 5.32 Å². The molecule has 0 fully saturated rings. The van der Waals surface area contributed by atoms with Crippen molar-refractivity contribution in [1.29, 1.82) is 0 Å². The molecule has 1 aliphatic carbocycles. The number of aliphatic hydroxyl groups excluding tert-OH is 1. The van der Waals surface area contributed by atoms with Gasteiger partial charge in [-0.1, -0.05) is 6.07 Å². The van der Waals surface area contributed by atoms with Crippen LogP contribution in [0.2, 0.25) is 0 Å². The second kappa shape index (κ2) is 6.68. The van der Waals surface area contributed by atoms with Gasteiger partial charge in [0.2, 0.25) is 0 Å². The van der Waals surface area contributed by atoms with Crippen LogP contribution >= 0.6 is 15.9 Å². The third-order valence-corrected chi connectivity index (χ3v) is 4.32. The van der Waals surface area contributed by atoms with Crippen LogP contribution in [-0.4, -0.2) is 26.5 Å². The second-order valence-corrected chi connectivity index (χ2v) is 6.08. The van der Waals surface area contributed by atoms with Crippen molar-refractivity contribution in [2.45, 2.75) is 38.4 Å². The van der Waals surface area contributed by atoms with E-state index in [2.05, 4.69) is 31.3 Å². The van der Waals surface area contributed by atoms with Gasteiger partial charge in [0.1, 0.15) is 4.60 Å². The third-order valence-electron chi connectivity index (χ3n) is 3.88. The summed E-state index contributed by atoms with van der Waals surface area (Å²) in [6.45, 7) is 1.46. The molecule has 2 heterocycles. The number of hydrogen-bond donors (Lipinski definition) is 2. The zero-order valence-corrected chi connectivity index (χ0v) is 13.4. The predicted octanol–water partition coefficient (Wildman–Crippen LogP) is 2.20. The largest absolute Gasteiger partial charge is 0.394 e. The topological polar surface area (TPSA) is 63.0 Å². The molecule has 2 aromatic rings. The van der Waals surface area contributed by atoms with Gasteiger partial charge in [-0.3, -0.25) is 4.68 Å². The number of rotatable bonds is 5. The van der Waals surface area contributed by atoms with Crippen molar-refractivity contribution in [3.8, 4) is 0 Å². The molecule has 3 rings (SSSR count). The van der Waals surface area contributed by atoms with Gasteiger partial charge in [0.15, 0.2) is 0 Å². The number of aliphatic hydroxyl groups is 1. The molecule has 2 N–H and O–H groups in total. The lowest BCUT2D eigenvalue weighted by atomic mass is 9.93. The minimum Gasteiger partial charge on any atom is -0.394 e. The predicted molar refractivity (Wildman–Crippen MR) is 83.8 cm³/mol. The summed E-state index contributed by atoms with van der Waals surface area (Å²) in [5.41, 5.74) is 3.55. The minimum atomic E-state index is 0.133. The highest BCUT2D eigenvalue weighted by Crippen LogP contribution is 2.29. The van der Waals surface area contributed by atoms with Crippen LogP contribution in [0.15, 0.2) is 29.0 Å². The third kappa shape index (κ3) is 3.33. The Labute approximate surface area is 132 Å². The van der Waals surface area contributed by atoms with Gasteiger partial charge in [0.05, 0.1) is 25.0 Å². The number of aromatic nitrogens is 3. The first kappa shape index (κ1) is 14.7. The lowest BCUT2D eigenvalue weighted by molar-refractivity contribution is 0.266. The molecule has 0 bridgehead atoms. The fourth-order valence-corrected chi connectivity index (χ4v) is 3.28. The van der Waals surface area contributed by atoms with E-state index in [9.17, 15) is 0 Å². The van der Waals surface area contributed by atoms with Gasteiger partial charge in [-0.05, 0) is 47.3 Å². The van der Waals surface area contributed by atoms with Gasteiger partial charge >= 0.3 is 0 Å². The van der Waals surface area contributed by atoms with Crippen LogP contribution in [0.5, 0.6) is 0 Å². The Morgan fingerprint density at radius 3 is 3.14 bits per heavy atom. The maximum Gasteiger partial charge on any atom is 0.106 e. The average molecular weight is 351 g/mol. The molecule has 1 atom stereocenters. The highest BCUT2D eigenvalue weighted by molar-refractivity contribution is 9.10. The maximum absolute atomic E-state index is 9.09. The van der Waals surface area contributed by atoms with Gasteiger partial charge in [0.25, 0.3) is 0 Å². The lowest BCUT2D eigenvalue weighted by Gasteiger charge is -2.24. The first-order chi connectivity index (χ1) is 10.3. The molecule has 0 saturated heterocycles. The number of hydrogen-bond acceptors (Lipinski definition) is 4. The van der Waals surface area contributed by atoms with Crippen molar-refractivity contribution >= 4 is 15.9 Å². The van der Waals surface area contributed by atoms with Crippen molar-refractivity contribution in [3.63, 3.8) is 0 Å². The van der Waals surface area contributed by atoms with E-state index in [4.69, 9.17) is 5.11 Å². The number of fused-ring (bicyclic) bond motifs is 1. The molecule has 112 valence electrons. The van der Waals surface area contributed by atoms with E-state index < -0.39 is 0 Å². The molecule has 0 radical (unpaired) electrons. The van der Waals surface area contributed by atoms with E-state index in [0.717, 1.165) is 36.1 Å². The minimum absolute atomic E-state index is 0.133. The molecule has 0 aromatic carbocycles. The molecule has 1 unspecified atom stereocenters. The van der Waals surface area contributed by atoms with E-state index >= 15 is 0 Å². The highest BCUT2D eigenvalue weighted by atomic mass is 79.9. The molecule has 0 amide bonds. The summed E-state index contributed by atoms with van der Waals surface area (Å²) >= 11 is 3.40. The Morgan fingerprint density at radius 2 is 2.33 bits per heavy atom. The number of nitrogens with zero attached hydrogens (tertiary/aromatic N) is 3. The Kier molecular flexibility index (Phi) is 4.67. The summed E-state index contributed by atoms with van der Waals surface area (Å²) < 4.78 is 2.79. The molecule has 5 nitrogen and oxygen atoms in total. The van der Waals surface area contributed by atoms with Crippen LogP contribution in [0.25, 0.3) is 0 Å². The van der Waals surface area contributed by atoms with Crippen molar-refractivity contribution < 1.29 is 5.11 Å². The fourth-order valence-electron chi connectivity index (χ4n) is 2.89. The first-order valence-corrected chi connectivity index (χ1v) is 8.07. The molecule has 0 saturated carbocycles. The molecule has 0 spiro atoms. The van der Waals surface area contributed by atoms with Gasteiger partial charge in [-0.15, -0.1) is 0 Å². The average Bonchev–Trinajstić information content (AvgIpc) is 2.90. The molecule has 1 aliphatic rings. The Balaban J connectivity index is 1.70. The Bertz CT molecular complexity index is 613. The van der Waals surface area contributed by atoms with Crippen LogP contribution in [0, 0.1) is 0 Å². The standard InChI is InChI=1S/C15H19BrN4O/c16-15-6-1-3-11(19-15)9-17-13-4-2-5-14-12(13)10-18-20(14)7-8-21/h1,3,6,10,13,17,21H,2,4-5,7-9H2. The van der Waals surface area contributed by atoms with Gasteiger partial charge in [0, 0.05) is 23.8 Å². The van der Waals surface area contributed by atoms with Gasteiger partial charge in [-0.2, -0.15) is 5.10 Å². The van der Waals surface area contributed by atoms with Crippen molar-refractivity contribution in [1.82, 2.24) is 20.1 Å². The van der Waals surface area contributed by atoms with Gasteiger partial charge in [-0.25, -0.2) is 4.98 Å². The second-order valence-electron chi connectivity index (χ2n) is 5.27. The summed E-state index contributed by atoms with van der Waals surface area (Å²) in [6.07, 6.45) is 5.25. The summed E-state index contributed by atoms with van der Waals surface area (Å²) in [7, 11) is 0. The van der Waals surface area contributed by atoms with Crippen molar-refractivity contribution in [2.24, 2.45) is 0 Å². The lowest BCUT2D eigenvalue weighted by Crippen LogP contribution is -2.25. The number of nitrogens with one attached hydrogen (secondary N) is 1.